The fraction of sp³-hybridized carbons (Fsp3) is 1.00. The molecule has 3 nitrogen and oxygen atoms in total. The van der Waals surface area contributed by atoms with Crippen molar-refractivity contribution >= 4 is 0 Å². The molecule has 0 aromatic rings. The molecule has 2 aliphatic rings. The van der Waals surface area contributed by atoms with Crippen molar-refractivity contribution in [1.29, 1.82) is 0 Å². The zero-order valence-corrected chi connectivity index (χ0v) is 8.49. The molecule has 2 fully saturated rings. The number of hydrogen-bond donors (Lipinski definition) is 1. The van der Waals surface area contributed by atoms with Gasteiger partial charge in [0.15, 0.2) is 0 Å². The average Bonchev–Trinajstić information content (AvgIpc) is 2.57. The van der Waals surface area contributed by atoms with Gasteiger partial charge in [-0.3, -0.25) is 4.90 Å². The van der Waals surface area contributed by atoms with E-state index in [0.29, 0.717) is 17.4 Å². The van der Waals surface area contributed by atoms with Crippen LogP contribution < -0.4 is 0 Å². The maximum Gasteiger partial charge on any atom is 0.0625 e. The lowest BCUT2D eigenvalue weighted by Gasteiger charge is -2.23. The van der Waals surface area contributed by atoms with Crippen molar-refractivity contribution in [1.82, 2.24) is 4.90 Å². The summed E-state index contributed by atoms with van der Waals surface area (Å²) in [6.07, 6.45) is 0. The van der Waals surface area contributed by atoms with Crippen molar-refractivity contribution in [2.24, 2.45) is 11.3 Å². The van der Waals surface area contributed by atoms with Gasteiger partial charge in [0, 0.05) is 25.0 Å². The third-order valence-electron chi connectivity index (χ3n) is 3.52. The first-order chi connectivity index (χ1) is 6.15. The summed E-state index contributed by atoms with van der Waals surface area (Å²) in [6.45, 7) is 8.53. The van der Waals surface area contributed by atoms with E-state index in [2.05, 4.69) is 18.7 Å². The molecule has 13 heavy (non-hydrogen) atoms. The number of fused-ring (bicyclic) bond motifs is 1. The van der Waals surface area contributed by atoms with Gasteiger partial charge in [-0.2, -0.15) is 0 Å². The Morgan fingerprint density at radius 2 is 2.23 bits per heavy atom. The molecule has 0 aromatic carbocycles. The van der Waals surface area contributed by atoms with Crippen molar-refractivity contribution in [3.63, 3.8) is 0 Å². The zero-order valence-electron chi connectivity index (χ0n) is 8.49. The van der Waals surface area contributed by atoms with Crippen LogP contribution in [0.5, 0.6) is 0 Å². The lowest BCUT2D eigenvalue weighted by Crippen LogP contribution is -2.34. The number of hydrogen-bond acceptors (Lipinski definition) is 3. The van der Waals surface area contributed by atoms with E-state index in [-0.39, 0.29) is 6.61 Å². The van der Waals surface area contributed by atoms with Crippen molar-refractivity contribution in [2.75, 3.05) is 32.9 Å². The number of nitrogens with zero attached hydrogens (tertiary/aromatic N) is 1. The molecule has 2 atom stereocenters. The van der Waals surface area contributed by atoms with E-state index in [1.165, 1.54) is 0 Å². The molecule has 2 saturated heterocycles. The fourth-order valence-corrected chi connectivity index (χ4v) is 2.78. The van der Waals surface area contributed by atoms with Gasteiger partial charge in [-0.1, -0.05) is 13.8 Å². The molecule has 0 saturated carbocycles. The highest BCUT2D eigenvalue weighted by atomic mass is 16.5. The highest BCUT2D eigenvalue weighted by Gasteiger charge is 2.49. The summed E-state index contributed by atoms with van der Waals surface area (Å²) in [5.41, 5.74) is 0.357. The van der Waals surface area contributed by atoms with E-state index in [0.717, 1.165) is 26.3 Å². The van der Waals surface area contributed by atoms with Gasteiger partial charge in [0.05, 0.1) is 19.8 Å². The second kappa shape index (κ2) is 3.23. The maximum atomic E-state index is 8.93. The van der Waals surface area contributed by atoms with E-state index in [1.54, 1.807) is 0 Å². The van der Waals surface area contributed by atoms with Gasteiger partial charge in [0.25, 0.3) is 0 Å². The molecular weight excluding hydrogens is 166 g/mol. The Hall–Kier alpha value is -0.120. The minimum absolute atomic E-state index is 0.263. The van der Waals surface area contributed by atoms with Gasteiger partial charge in [-0.05, 0) is 5.41 Å². The Morgan fingerprint density at radius 3 is 2.92 bits per heavy atom. The summed E-state index contributed by atoms with van der Waals surface area (Å²) in [6, 6.07) is 0.558. The van der Waals surface area contributed by atoms with E-state index < -0.39 is 0 Å². The molecular formula is C10H19NO2. The van der Waals surface area contributed by atoms with Crippen molar-refractivity contribution in [2.45, 2.75) is 19.9 Å². The molecule has 76 valence electrons. The van der Waals surface area contributed by atoms with Gasteiger partial charge < -0.3 is 9.84 Å². The van der Waals surface area contributed by atoms with Crippen LogP contribution >= 0.6 is 0 Å². The highest BCUT2D eigenvalue weighted by Crippen LogP contribution is 2.42. The van der Waals surface area contributed by atoms with Crippen LogP contribution in [0.3, 0.4) is 0 Å². The normalized spacial score (nSPS) is 38.1. The van der Waals surface area contributed by atoms with Gasteiger partial charge in [-0.25, -0.2) is 0 Å². The number of likely N-dealkylation sites (tertiary alicyclic amines) is 1. The Labute approximate surface area is 79.7 Å². The molecule has 0 aliphatic carbocycles. The van der Waals surface area contributed by atoms with Crippen LogP contribution in [0.2, 0.25) is 0 Å². The van der Waals surface area contributed by atoms with Gasteiger partial charge in [0.1, 0.15) is 0 Å². The number of ether oxygens (including phenoxy) is 1. The van der Waals surface area contributed by atoms with Gasteiger partial charge in [-0.15, -0.1) is 0 Å². The van der Waals surface area contributed by atoms with Crippen molar-refractivity contribution in [3.05, 3.63) is 0 Å². The molecule has 3 heteroatoms. The molecule has 0 spiro atoms. The minimum Gasteiger partial charge on any atom is -0.395 e. The van der Waals surface area contributed by atoms with Crippen LogP contribution in [0.25, 0.3) is 0 Å². The fourth-order valence-electron chi connectivity index (χ4n) is 2.78. The summed E-state index contributed by atoms with van der Waals surface area (Å²) in [7, 11) is 0. The number of aliphatic hydroxyl groups excluding tert-OH is 1. The van der Waals surface area contributed by atoms with Crippen LogP contribution in [0.1, 0.15) is 13.8 Å². The lowest BCUT2D eigenvalue weighted by atomic mass is 9.80. The summed E-state index contributed by atoms with van der Waals surface area (Å²) in [5.74, 6) is 0.666. The second-order valence-electron chi connectivity index (χ2n) is 4.89. The molecule has 2 heterocycles. The molecule has 0 radical (unpaired) electrons. The third kappa shape index (κ3) is 1.49. The predicted octanol–water partition coefficient (Wildman–Crippen LogP) is 0.335. The first kappa shape index (κ1) is 9.44. The summed E-state index contributed by atoms with van der Waals surface area (Å²) < 4.78 is 5.50. The molecule has 2 aliphatic heterocycles. The SMILES string of the molecule is CC1(C)CN(CCO)C2COCC21. The standard InChI is InChI=1S/C10H19NO2/c1-10(2)7-11(3-4-12)9-6-13-5-8(9)10/h8-9,12H,3-7H2,1-2H3. The van der Waals surface area contributed by atoms with Crippen molar-refractivity contribution in [3.8, 4) is 0 Å². The number of β-amino-alcohol motifs (C(OH)–C–C–N with tert-alkyl or cyclic N) is 1. The molecule has 0 bridgehead atoms. The second-order valence-corrected chi connectivity index (χ2v) is 4.89. The average molecular weight is 185 g/mol. The molecule has 2 rings (SSSR count). The minimum atomic E-state index is 0.263. The van der Waals surface area contributed by atoms with Crippen LogP contribution in [0.15, 0.2) is 0 Å². The first-order valence-electron chi connectivity index (χ1n) is 5.08. The zero-order chi connectivity index (χ0) is 9.47. The highest BCUT2D eigenvalue weighted by molar-refractivity contribution is 5.00. The Kier molecular flexibility index (Phi) is 2.34. The van der Waals surface area contributed by atoms with E-state index in [1.807, 2.05) is 0 Å². The molecule has 0 amide bonds. The number of aliphatic hydroxyl groups is 1. The number of rotatable bonds is 2. The van der Waals surface area contributed by atoms with Crippen LogP contribution in [-0.4, -0.2) is 49.0 Å². The molecule has 0 aromatic heterocycles. The van der Waals surface area contributed by atoms with Crippen LogP contribution in [0, 0.1) is 11.3 Å². The van der Waals surface area contributed by atoms with E-state index in [4.69, 9.17) is 9.84 Å². The summed E-state index contributed by atoms with van der Waals surface area (Å²) in [4.78, 5) is 2.37. The van der Waals surface area contributed by atoms with E-state index in [9.17, 15) is 0 Å². The van der Waals surface area contributed by atoms with Gasteiger partial charge in [0.2, 0.25) is 0 Å². The summed E-state index contributed by atoms with van der Waals surface area (Å²) in [5, 5.41) is 8.93. The Balaban J connectivity index is 2.09. The molecule has 2 unspecified atom stereocenters. The Bertz CT molecular complexity index is 193. The third-order valence-corrected chi connectivity index (χ3v) is 3.52. The smallest absolute Gasteiger partial charge is 0.0625 e. The maximum absolute atomic E-state index is 8.93. The Morgan fingerprint density at radius 1 is 1.46 bits per heavy atom. The largest absolute Gasteiger partial charge is 0.395 e. The van der Waals surface area contributed by atoms with Crippen LogP contribution in [-0.2, 0) is 4.74 Å². The predicted molar refractivity (Wildman–Crippen MR) is 50.5 cm³/mol. The monoisotopic (exact) mass is 185 g/mol. The van der Waals surface area contributed by atoms with Crippen molar-refractivity contribution < 1.29 is 9.84 Å². The van der Waals surface area contributed by atoms with Crippen LogP contribution in [0.4, 0.5) is 0 Å². The molecule has 1 N–H and O–H groups in total. The lowest BCUT2D eigenvalue weighted by molar-refractivity contribution is 0.111. The topological polar surface area (TPSA) is 32.7 Å². The summed E-state index contributed by atoms with van der Waals surface area (Å²) >= 11 is 0. The van der Waals surface area contributed by atoms with E-state index >= 15 is 0 Å². The quantitative estimate of drug-likeness (QED) is 0.673. The van der Waals surface area contributed by atoms with Gasteiger partial charge >= 0.3 is 0 Å². The first-order valence-corrected chi connectivity index (χ1v) is 5.08.